The van der Waals surface area contributed by atoms with Gasteiger partial charge in [-0.1, -0.05) is 18.2 Å². The number of piperidine rings is 1. The lowest BCUT2D eigenvalue weighted by atomic mass is 9.93. The highest BCUT2D eigenvalue weighted by molar-refractivity contribution is 7.07. The first-order chi connectivity index (χ1) is 12.7. The van der Waals surface area contributed by atoms with Gasteiger partial charge in [0.25, 0.3) is 0 Å². The van der Waals surface area contributed by atoms with E-state index in [-0.39, 0.29) is 18.3 Å². The van der Waals surface area contributed by atoms with Crippen LogP contribution < -0.4 is 10.1 Å². The monoisotopic (exact) mass is 406 g/mol. The van der Waals surface area contributed by atoms with Crippen LogP contribution in [0.15, 0.2) is 41.1 Å². The molecular weight excluding hydrogens is 380 g/mol. The second-order valence-electron chi connectivity index (χ2n) is 7.47. The van der Waals surface area contributed by atoms with Crippen molar-refractivity contribution in [1.82, 2.24) is 10.2 Å². The van der Waals surface area contributed by atoms with E-state index in [1.807, 2.05) is 24.3 Å². The smallest absolute Gasteiger partial charge is 0.227 e. The number of methoxy groups -OCH3 is 1. The zero-order chi connectivity index (χ0) is 18.0. The van der Waals surface area contributed by atoms with Gasteiger partial charge in [-0.15, -0.1) is 12.4 Å². The molecule has 146 valence electrons. The molecule has 1 saturated carbocycles. The Hall–Kier alpha value is -1.56. The topological polar surface area (TPSA) is 41.6 Å². The molecule has 1 aromatic heterocycles. The van der Waals surface area contributed by atoms with Crippen LogP contribution in [0.4, 0.5) is 0 Å². The molecule has 27 heavy (non-hydrogen) atoms. The fourth-order valence-electron chi connectivity index (χ4n) is 4.29. The molecule has 4 rings (SSSR count). The minimum Gasteiger partial charge on any atom is -0.496 e. The van der Waals surface area contributed by atoms with Gasteiger partial charge in [0.1, 0.15) is 5.75 Å². The summed E-state index contributed by atoms with van der Waals surface area (Å²) in [6.45, 7) is 2.87. The highest BCUT2D eigenvalue weighted by Gasteiger charge is 2.57. The Kier molecular flexibility index (Phi) is 6.45. The van der Waals surface area contributed by atoms with E-state index in [2.05, 4.69) is 27.0 Å². The van der Waals surface area contributed by atoms with E-state index in [4.69, 9.17) is 4.74 Å². The molecule has 2 aliphatic rings. The molecule has 1 atom stereocenters. The molecule has 1 N–H and O–H groups in total. The molecule has 1 aromatic carbocycles. The van der Waals surface area contributed by atoms with Gasteiger partial charge in [-0.25, -0.2) is 0 Å². The van der Waals surface area contributed by atoms with Crippen LogP contribution in [0.2, 0.25) is 0 Å². The molecule has 1 unspecified atom stereocenters. The number of benzene rings is 1. The number of carbonyl (C=O) groups excluding carboxylic acids is 1. The summed E-state index contributed by atoms with van der Waals surface area (Å²) in [4.78, 5) is 15.4. The van der Waals surface area contributed by atoms with Gasteiger partial charge >= 0.3 is 0 Å². The first-order valence-electron chi connectivity index (χ1n) is 9.35. The SMILES string of the molecule is COc1ccccc1CC(=O)N(Cc1ccsc1)C1CC12CCNCC2.Cl. The molecular formula is C21H27ClN2O2S. The van der Waals surface area contributed by atoms with Crippen molar-refractivity contribution in [2.24, 2.45) is 5.41 Å². The van der Waals surface area contributed by atoms with E-state index in [9.17, 15) is 4.79 Å². The Morgan fingerprint density at radius 2 is 2.07 bits per heavy atom. The molecule has 2 heterocycles. The number of rotatable bonds is 6. The maximum atomic E-state index is 13.3. The quantitative estimate of drug-likeness (QED) is 0.791. The van der Waals surface area contributed by atoms with Crippen molar-refractivity contribution in [3.63, 3.8) is 0 Å². The summed E-state index contributed by atoms with van der Waals surface area (Å²) in [5.41, 5.74) is 2.55. The summed E-state index contributed by atoms with van der Waals surface area (Å²) in [5, 5.41) is 7.69. The van der Waals surface area contributed by atoms with Gasteiger partial charge in [0.05, 0.1) is 13.5 Å². The number of para-hydroxylation sites is 1. The Labute approximate surface area is 171 Å². The van der Waals surface area contributed by atoms with E-state index < -0.39 is 0 Å². The Balaban J connectivity index is 0.00000210. The lowest BCUT2D eigenvalue weighted by molar-refractivity contribution is -0.132. The number of halogens is 1. The van der Waals surface area contributed by atoms with Crippen molar-refractivity contribution in [3.8, 4) is 5.75 Å². The van der Waals surface area contributed by atoms with Crippen LogP contribution in [0, 0.1) is 5.41 Å². The zero-order valence-electron chi connectivity index (χ0n) is 15.6. The number of ether oxygens (including phenoxy) is 1. The molecule has 1 spiro atoms. The van der Waals surface area contributed by atoms with Crippen LogP contribution in [-0.4, -0.2) is 37.0 Å². The average molecular weight is 407 g/mol. The van der Waals surface area contributed by atoms with Crippen LogP contribution in [0.5, 0.6) is 5.75 Å². The number of nitrogens with one attached hydrogen (secondary N) is 1. The first kappa shape index (κ1) is 20.2. The standard InChI is InChI=1S/C21H26N2O2S.ClH/c1-25-18-5-3-2-4-17(18)12-20(24)23(14-16-6-11-26-15-16)19-13-21(19)7-9-22-10-8-21;/h2-6,11,15,19,22H,7-10,12-14H2,1H3;1H. The maximum absolute atomic E-state index is 13.3. The minimum absolute atomic E-state index is 0. The summed E-state index contributed by atoms with van der Waals surface area (Å²) >= 11 is 1.69. The van der Waals surface area contributed by atoms with Gasteiger partial charge in [0, 0.05) is 18.2 Å². The lowest BCUT2D eigenvalue weighted by Crippen LogP contribution is -2.39. The van der Waals surface area contributed by atoms with Crippen molar-refractivity contribution in [1.29, 1.82) is 0 Å². The predicted molar refractivity (Wildman–Crippen MR) is 112 cm³/mol. The van der Waals surface area contributed by atoms with Crippen molar-refractivity contribution >= 4 is 29.7 Å². The Morgan fingerprint density at radius 1 is 1.30 bits per heavy atom. The summed E-state index contributed by atoms with van der Waals surface area (Å²) in [6, 6.07) is 10.3. The summed E-state index contributed by atoms with van der Waals surface area (Å²) in [7, 11) is 1.66. The number of amides is 1. The van der Waals surface area contributed by atoms with Gasteiger partial charge in [-0.3, -0.25) is 4.79 Å². The number of carbonyl (C=O) groups is 1. The second kappa shape index (κ2) is 8.63. The second-order valence-corrected chi connectivity index (χ2v) is 8.25. The van der Waals surface area contributed by atoms with Gasteiger partial charge in [0.15, 0.2) is 0 Å². The third-order valence-electron chi connectivity index (χ3n) is 5.91. The van der Waals surface area contributed by atoms with E-state index in [1.165, 1.54) is 18.4 Å². The minimum atomic E-state index is 0. The molecule has 4 nitrogen and oxygen atoms in total. The van der Waals surface area contributed by atoms with Crippen molar-refractivity contribution in [3.05, 3.63) is 52.2 Å². The molecule has 1 saturated heterocycles. The van der Waals surface area contributed by atoms with Crippen LogP contribution in [-0.2, 0) is 17.8 Å². The Morgan fingerprint density at radius 3 is 2.78 bits per heavy atom. The van der Waals surface area contributed by atoms with Crippen molar-refractivity contribution in [2.75, 3.05) is 20.2 Å². The van der Waals surface area contributed by atoms with E-state index in [0.717, 1.165) is 37.4 Å². The summed E-state index contributed by atoms with van der Waals surface area (Å²) in [5.74, 6) is 1.00. The van der Waals surface area contributed by atoms with Gasteiger partial charge in [-0.05, 0) is 66.2 Å². The molecule has 0 radical (unpaired) electrons. The average Bonchev–Trinajstić information content (AvgIpc) is 3.09. The van der Waals surface area contributed by atoms with Crippen molar-refractivity contribution in [2.45, 2.75) is 38.3 Å². The normalized spacial score (nSPS) is 20.0. The van der Waals surface area contributed by atoms with Crippen LogP contribution in [0.25, 0.3) is 0 Å². The van der Waals surface area contributed by atoms with E-state index >= 15 is 0 Å². The van der Waals surface area contributed by atoms with E-state index in [1.54, 1.807) is 18.4 Å². The zero-order valence-corrected chi connectivity index (χ0v) is 17.3. The number of nitrogens with zero attached hydrogens (tertiary/aromatic N) is 1. The first-order valence-corrected chi connectivity index (χ1v) is 10.3. The largest absolute Gasteiger partial charge is 0.496 e. The fourth-order valence-corrected chi connectivity index (χ4v) is 4.95. The molecule has 1 amide bonds. The third kappa shape index (κ3) is 4.31. The number of hydrogen-bond acceptors (Lipinski definition) is 4. The molecule has 2 aromatic rings. The Bertz CT molecular complexity index is 759. The van der Waals surface area contributed by atoms with Gasteiger partial charge in [-0.2, -0.15) is 11.3 Å². The van der Waals surface area contributed by atoms with Crippen LogP contribution in [0.1, 0.15) is 30.4 Å². The van der Waals surface area contributed by atoms with E-state index in [0.29, 0.717) is 17.9 Å². The summed E-state index contributed by atoms with van der Waals surface area (Å²) in [6.07, 6.45) is 3.91. The summed E-state index contributed by atoms with van der Waals surface area (Å²) < 4.78 is 5.44. The van der Waals surface area contributed by atoms with Gasteiger partial charge < -0.3 is 15.0 Å². The maximum Gasteiger partial charge on any atom is 0.227 e. The fraction of sp³-hybridized carbons (Fsp3) is 0.476. The molecule has 6 heteroatoms. The molecule has 0 bridgehead atoms. The highest BCUT2D eigenvalue weighted by Crippen LogP contribution is 2.56. The van der Waals surface area contributed by atoms with Crippen molar-refractivity contribution < 1.29 is 9.53 Å². The third-order valence-corrected chi connectivity index (χ3v) is 6.64. The molecule has 1 aliphatic carbocycles. The number of hydrogen-bond donors (Lipinski definition) is 1. The van der Waals surface area contributed by atoms with Crippen LogP contribution >= 0.6 is 23.7 Å². The van der Waals surface area contributed by atoms with Gasteiger partial charge in [0.2, 0.25) is 5.91 Å². The van der Waals surface area contributed by atoms with Crippen LogP contribution in [0.3, 0.4) is 0 Å². The number of thiophene rings is 1. The highest BCUT2D eigenvalue weighted by atomic mass is 35.5. The molecule has 1 aliphatic heterocycles. The predicted octanol–water partition coefficient (Wildman–Crippen LogP) is 3.89. The molecule has 2 fully saturated rings. The lowest BCUT2D eigenvalue weighted by Gasteiger charge is -2.30.